The van der Waals surface area contributed by atoms with E-state index in [9.17, 15) is 0 Å². The summed E-state index contributed by atoms with van der Waals surface area (Å²) in [5.74, 6) is 0. The van der Waals surface area contributed by atoms with Gasteiger partial charge < -0.3 is 6.90 Å². The average Bonchev–Trinajstić information content (AvgIpc) is 0.811. The largest absolute Gasteiger partial charge is 1.00 e. The Morgan fingerprint density at radius 2 is 1.43 bits per heavy atom. The van der Waals surface area contributed by atoms with Crippen LogP contribution in [0.3, 0.4) is 0 Å². The van der Waals surface area contributed by atoms with E-state index in [0.29, 0.717) is 0 Å². The van der Waals surface area contributed by atoms with Crippen LogP contribution in [0, 0.1) is 0 Å². The molecule has 0 saturated heterocycles. The second-order valence-electron chi connectivity index (χ2n) is 0.253. The van der Waals surface area contributed by atoms with Gasteiger partial charge in [0.15, 0.2) is 0 Å². The van der Waals surface area contributed by atoms with Crippen molar-refractivity contribution in [3.05, 3.63) is 0 Å². The van der Waals surface area contributed by atoms with Gasteiger partial charge in [0.05, 0.1) is 0 Å². The Labute approximate surface area is 72.4 Å². The topological polar surface area (TPSA) is 89.0 Å². The molecule has 0 fully saturated rings. The zero-order chi connectivity index (χ0) is 3.58. The van der Waals surface area contributed by atoms with Crippen LogP contribution in [0.1, 0.15) is 1.43 Å². The van der Waals surface area contributed by atoms with Gasteiger partial charge in [-0.1, -0.05) is 0 Å². The van der Waals surface area contributed by atoms with E-state index in [1.807, 2.05) is 0 Å². The van der Waals surface area contributed by atoms with Crippen molar-refractivity contribution in [2.45, 2.75) is 0 Å². The summed E-state index contributed by atoms with van der Waals surface area (Å²) in [5, 5.41) is 0. The maximum absolute atomic E-state index is 8.70. The Bertz CT molecular complexity index is 39.0. The Hall–Kier alpha value is 1.33. The van der Waals surface area contributed by atoms with Crippen LogP contribution in [0.4, 0.5) is 0 Å². The molecule has 0 aliphatic carbocycles. The van der Waals surface area contributed by atoms with Crippen molar-refractivity contribution in [1.29, 1.82) is 0 Å². The van der Waals surface area contributed by atoms with Gasteiger partial charge in [-0.05, 0) is 0 Å². The molecule has 0 aromatic rings. The minimum Gasteiger partial charge on any atom is -1.00 e. The minimum atomic E-state index is -2.87. The molecule has 0 saturated carbocycles. The summed E-state index contributed by atoms with van der Waals surface area (Å²) >= 11 is 0. The third-order valence-electron chi connectivity index (χ3n) is 0. The maximum atomic E-state index is 8.70. The minimum absolute atomic E-state index is 0. The second-order valence-corrected chi connectivity index (χ2v) is 0.758. The fourth-order valence-electron chi connectivity index (χ4n) is 0. The predicted molar refractivity (Wildman–Crippen MR) is 27.2 cm³/mol. The first-order chi connectivity index (χ1) is 1.73. The Kier molecular flexibility index (Phi) is 53.4. The molecule has 0 aliphatic rings. The quantitative estimate of drug-likeness (QED) is 0.277. The number of rotatable bonds is 0. The first-order valence-corrected chi connectivity index (χ1v) is 1.75. The molecule has 0 spiro atoms. The Morgan fingerprint density at radius 1 is 1.43 bits per heavy atom. The molecule has 4 N–H and O–H groups in total. The summed E-state index contributed by atoms with van der Waals surface area (Å²) in [6.07, 6.45) is 0. The van der Waals surface area contributed by atoms with Gasteiger partial charge in [-0.25, -0.2) is 0 Å². The van der Waals surface area contributed by atoms with E-state index in [0.717, 1.165) is 0 Å². The summed E-state index contributed by atoms with van der Waals surface area (Å²) < 4.78 is 8.70. The molecular formula is H7NaO4PS+. The van der Waals surface area contributed by atoms with Crippen LogP contribution in [-0.2, 0) is 4.57 Å². The molecule has 0 atom stereocenters. The summed E-state index contributed by atoms with van der Waals surface area (Å²) in [4.78, 5) is 14.2. The standard InChI is InChI=1S/Na.HO3P.H2O.H2S.H/c;1-4(2)3;;;/h;(H-,1,2,3);2*1H2;/q+1;;;;-1/p+1. The second kappa shape index (κ2) is 15.7. The van der Waals surface area contributed by atoms with E-state index in [2.05, 4.69) is 0 Å². The van der Waals surface area contributed by atoms with E-state index < -0.39 is 8.25 Å². The average molecular weight is 157 g/mol. The molecule has 0 radical (unpaired) electrons. The first-order valence-electron chi connectivity index (χ1n) is 0.583. The maximum Gasteiger partial charge on any atom is 1.00 e. The molecule has 7 heavy (non-hydrogen) atoms. The van der Waals surface area contributed by atoms with Gasteiger partial charge in [-0.15, -0.1) is 9.79 Å². The van der Waals surface area contributed by atoms with Crippen LogP contribution in [0.2, 0.25) is 0 Å². The van der Waals surface area contributed by atoms with Gasteiger partial charge in [0, 0.05) is 4.57 Å². The van der Waals surface area contributed by atoms with Crippen molar-refractivity contribution in [2.24, 2.45) is 0 Å². The molecule has 42 valence electrons. The van der Waals surface area contributed by atoms with Crippen LogP contribution >= 0.6 is 21.8 Å². The van der Waals surface area contributed by atoms with E-state index in [-0.39, 0.29) is 50.0 Å². The van der Waals surface area contributed by atoms with Gasteiger partial charge in [0.1, 0.15) is 0 Å². The summed E-state index contributed by atoms with van der Waals surface area (Å²) in [5.41, 5.74) is 0. The van der Waals surface area contributed by atoms with E-state index in [4.69, 9.17) is 14.4 Å². The third kappa shape index (κ3) is 118. The van der Waals surface area contributed by atoms with Crippen LogP contribution in [-0.4, -0.2) is 15.3 Å². The van der Waals surface area contributed by atoms with Crippen LogP contribution in [0.25, 0.3) is 0 Å². The summed E-state index contributed by atoms with van der Waals surface area (Å²) in [6, 6.07) is 0. The van der Waals surface area contributed by atoms with Gasteiger partial charge >= 0.3 is 37.8 Å². The fraction of sp³-hybridized carbons (Fsp3) is 0. The number of hydrogen-bond donors (Lipinski definition) is 2. The molecule has 0 bridgehead atoms. The summed E-state index contributed by atoms with van der Waals surface area (Å²) in [6.45, 7) is 0. The van der Waals surface area contributed by atoms with Crippen molar-refractivity contribution >= 4 is 21.8 Å². The zero-order valence-corrected chi connectivity index (χ0v) is 7.64. The molecule has 0 aromatic heterocycles. The van der Waals surface area contributed by atoms with Crippen molar-refractivity contribution in [1.82, 2.24) is 0 Å². The number of hydrogen-bond acceptors (Lipinski definition) is 1. The Balaban J connectivity index is -0.00000000750. The fourth-order valence-corrected chi connectivity index (χ4v) is 0. The molecule has 0 aliphatic heterocycles. The first kappa shape index (κ1) is 23.9. The molecule has 0 amide bonds. The molecule has 0 heterocycles. The molecular weight excluding hydrogens is 150 g/mol. The van der Waals surface area contributed by atoms with E-state index >= 15 is 0 Å². The van der Waals surface area contributed by atoms with Gasteiger partial charge in [0.2, 0.25) is 0 Å². The van der Waals surface area contributed by atoms with Gasteiger partial charge in [-0.3, -0.25) is 0 Å². The molecule has 0 aromatic carbocycles. The predicted octanol–water partition coefficient (Wildman–Crippen LogP) is -3.97. The summed E-state index contributed by atoms with van der Waals surface area (Å²) in [7, 11) is -2.87. The van der Waals surface area contributed by atoms with Gasteiger partial charge in [-0.2, -0.15) is 13.5 Å². The van der Waals surface area contributed by atoms with Crippen LogP contribution in [0.5, 0.6) is 0 Å². The molecule has 0 rings (SSSR count). The van der Waals surface area contributed by atoms with Crippen molar-refractivity contribution in [3.63, 3.8) is 0 Å². The van der Waals surface area contributed by atoms with E-state index in [1.54, 1.807) is 0 Å². The molecule has 7 heteroatoms. The van der Waals surface area contributed by atoms with Crippen LogP contribution in [0.15, 0.2) is 0 Å². The Morgan fingerprint density at radius 3 is 1.43 bits per heavy atom. The third-order valence-corrected chi connectivity index (χ3v) is 0. The van der Waals surface area contributed by atoms with Crippen molar-refractivity contribution in [2.75, 3.05) is 0 Å². The van der Waals surface area contributed by atoms with Crippen molar-refractivity contribution in [3.8, 4) is 0 Å². The SMILES string of the molecule is O.O=[P+](O)O.S.[H-].[Na+]. The molecule has 0 unspecified atom stereocenters. The van der Waals surface area contributed by atoms with Crippen molar-refractivity contribution < 1.29 is 50.8 Å². The van der Waals surface area contributed by atoms with E-state index in [1.165, 1.54) is 0 Å². The normalized spacial score (nSPS) is 3.71. The monoisotopic (exact) mass is 157 g/mol. The smallest absolute Gasteiger partial charge is 1.00 e. The zero-order valence-electron chi connectivity index (χ0n) is 4.75. The molecule has 4 nitrogen and oxygen atoms in total. The van der Waals surface area contributed by atoms with Crippen LogP contribution < -0.4 is 29.6 Å². The van der Waals surface area contributed by atoms with Gasteiger partial charge in [0.25, 0.3) is 0 Å².